The van der Waals surface area contributed by atoms with Crippen LogP contribution in [0.1, 0.15) is 53.9 Å². The Morgan fingerprint density at radius 3 is 2.41 bits per heavy atom. The van der Waals surface area contributed by atoms with Crippen LogP contribution in [0.25, 0.3) is 0 Å². The molecule has 22 heavy (non-hydrogen) atoms. The molecule has 0 amide bonds. The van der Waals surface area contributed by atoms with Gasteiger partial charge in [-0.15, -0.1) is 0 Å². The van der Waals surface area contributed by atoms with Gasteiger partial charge in [-0.25, -0.2) is 0 Å². The standard InChI is InChI=1S/C18H35NO3/c1-13-6-17(8-18(4,5)7-13)21-12-16(20)11-19-9-14(2)22-15(3)10-19/h13-17,20H,6-12H2,1-5H3. The van der Waals surface area contributed by atoms with Gasteiger partial charge in [0.2, 0.25) is 0 Å². The number of morpholine rings is 1. The summed E-state index contributed by atoms with van der Waals surface area (Å²) in [5.74, 6) is 0.715. The quantitative estimate of drug-likeness (QED) is 0.847. The van der Waals surface area contributed by atoms with Crippen molar-refractivity contribution in [2.75, 3.05) is 26.2 Å². The zero-order valence-corrected chi connectivity index (χ0v) is 15.0. The molecular formula is C18H35NO3. The van der Waals surface area contributed by atoms with Gasteiger partial charge in [0, 0.05) is 19.6 Å². The van der Waals surface area contributed by atoms with Crippen LogP contribution in [-0.4, -0.2) is 60.7 Å². The van der Waals surface area contributed by atoms with Crippen LogP contribution in [0, 0.1) is 11.3 Å². The molecule has 1 N–H and O–H groups in total. The van der Waals surface area contributed by atoms with E-state index in [-0.39, 0.29) is 12.2 Å². The lowest BCUT2D eigenvalue weighted by Gasteiger charge is -2.39. The summed E-state index contributed by atoms with van der Waals surface area (Å²) in [7, 11) is 0. The minimum absolute atomic E-state index is 0.247. The largest absolute Gasteiger partial charge is 0.389 e. The summed E-state index contributed by atoms with van der Waals surface area (Å²) in [6, 6.07) is 0. The summed E-state index contributed by atoms with van der Waals surface area (Å²) in [6.45, 7) is 14.1. The van der Waals surface area contributed by atoms with E-state index in [9.17, 15) is 5.11 Å². The summed E-state index contributed by atoms with van der Waals surface area (Å²) < 4.78 is 11.8. The molecule has 0 radical (unpaired) electrons. The van der Waals surface area contributed by atoms with E-state index in [1.54, 1.807) is 0 Å². The third-order valence-electron chi connectivity index (χ3n) is 4.84. The van der Waals surface area contributed by atoms with Crippen molar-refractivity contribution in [2.45, 2.75) is 78.3 Å². The Bertz CT molecular complexity index is 337. The summed E-state index contributed by atoms with van der Waals surface area (Å²) in [5, 5.41) is 10.3. The maximum atomic E-state index is 10.3. The first-order valence-electron chi connectivity index (χ1n) is 8.91. The number of β-amino-alcohol motifs (C(OH)–C–C–N with tert-alkyl or cyclic N) is 1. The zero-order chi connectivity index (χ0) is 16.3. The van der Waals surface area contributed by atoms with Crippen LogP contribution in [0.4, 0.5) is 0 Å². The second-order valence-corrected chi connectivity index (χ2v) is 8.50. The first-order chi connectivity index (χ1) is 10.2. The molecule has 1 saturated carbocycles. The van der Waals surface area contributed by atoms with Gasteiger partial charge in [0.15, 0.2) is 0 Å². The second-order valence-electron chi connectivity index (χ2n) is 8.50. The molecule has 1 aliphatic carbocycles. The van der Waals surface area contributed by atoms with E-state index in [2.05, 4.69) is 39.5 Å². The van der Waals surface area contributed by atoms with Crippen LogP contribution < -0.4 is 0 Å². The van der Waals surface area contributed by atoms with Gasteiger partial charge in [-0.1, -0.05) is 20.8 Å². The third kappa shape index (κ3) is 5.80. The number of aliphatic hydroxyl groups is 1. The van der Waals surface area contributed by atoms with Crippen LogP contribution in [0.15, 0.2) is 0 Å². The van der Waals surface area contributed by atoms with E-state index in [0.717, 1.165) is 25.9 Å². The fourth-order valence-corrected chi connectivity index (χ4v) is 4.42. The van der Waals surface area contributed by atoms with Crippen LogP contribution >= 0.6 is 0 Å². The van der Waals surface area contributed by atoms with Crippen molar-refractivity contribution < 1.29 is 14.6 Å². The van der Waals surface area contributed by atoms with Crippen molar-refractivity contribution in [2.24, 2.45) is 11.3 Å². The average molecular weight is 313 g/mol. The number of aliphatic hydroxyl groups excluding tert-OH is 1. The molecule has 4 heteroatoms. The highest BCUT2D eigenvalue weighted by atomic mass is 16.5. The molecular weight excluding hydrogens is 278 g/mol. The lowest BCUT2D eigenvalue weighted by atomic mass is 9.71. The van der Waals surface area contributed by atoms with Gasteiger partial charge in [-0.05, 0) is 44.4 Å². The third-order valence-corrected chi connectivity index (χ3v) is 4.84. The maximum absolute atomic E-state index is 10.3. The van der Waals surface area contributed by atoms with Gasteiger partial charge in [0.25, 0.3) is 0 Å². The van der Waals surface area contributed by atoms with Crippen LogP contribution in [0.5, 0.6) is 0 Å². The molecule has 2 rings (SSSR count). The van der Waals surface area contributed by atoms with Gasteiger partial charge in [0.1, 0.15) is 0 Å². The summed E-state index contributed by atoms with van der Waals surface area (Å²) in [5.41, 5.74) is 0.363. The van der Waals surface area contributed by atoms with E-state index in [1.807, 2.05) is 0 Å². The van der Waals surface area contributed by atoms with Crippen molar-refractivity contribution >= 4 is 0 Å². The van der Waals surface area contributed by atoms with Crippen molar-refractivity contribution in [3.8, 4) is 0 Å². The Labute approximate surface area is 136 Å². The minimum Gasteiger partial charge on any atom is -0.389 e. The highest BCUT2D eigenvalue weighted by Gasteiger charge is 2.33. The highest BCUT2D eigenvalue weighted by molar-refractivity contribution is 4.84. The smallest absolute Gasteiger partial charge is 0.0900 e. The molecule has 1 heterocycles. The predicted octanol–water partition coefficient (Wildman–Crippen LogP) is 2.69. The van der Waals surface area contributed by atoms with Gasteiger partial charge in [0.05, 0.1) is 31.0 Å². The van der Waals surface area contributed by atoms with Crippen molar-refractivity contribution in [3.05, 3.63) is 0 Å². The molecule has 0 aromatic carbocycles. The van der Waals surface area contributed by atoms with Gasteiger partial charge >= 0.3 is 0 Å². The minimum atomic E-state index is -0.405. The predicted molar refractivity (Wildman–Crippen MR) is 89.0 cm³/mol. The molecule has 0 aromatic heterocycles. The topological polar surface area (TPSA) is 41.9 Å². The number of hydrogen-bond acceptors (Lipinski definition) is 4. The Morgan fingerprint density at radius 2 is 1.82 bits per heavy atom. The van der Waals surface area contributed by atoms with Crippen molar-refractivity contribution in [1.82, 2.24) is 4.90 Å². The molecule has 0 spiro atoms. The fraction of sp³-hybridized carbons (Fsp3) is 1.00. The first-order valence-corrected chi connectivity index (χ1v) is 8.91. The van der Waals surface area contributed by atoms with Crippen LogP contribution in [0.3, 0.4) is 0 Å². The van der Waals surface area contributed by atoms with E-state index >= 15 is 0 Å². The highest BCUT2D eigenvalue weighted by Crippen LogP contribution is 2.39. The molecule has 5 atom stereocenters. The molecule has 1 aliphatic heterocycles. The van der Waals surface area contributed by atoms with E-state index < -0.39 is 6.10 Å². The summed E-state index contributed by atoms with van der Waals surface area (Å²) >= 11 is 0. The molecule has 2 fully saturated rings. The number of hydrogen-bond donors (Lipinski definition) is 1. The normalized spacial score (nSPS) is 37.9. The van der Waals surface area contributed by atoms with Gasteiger partial charge in [-0.3, -0.25) is 4.90 Å². The Kier molecular flexibility index (Phi) is 6.29. The monoisotopic (exact) mass is 313 g/mol. The summed E-state index contributed by atoms with van der Waals surface area (Å²) in [4.78, 5) is 2.29. The first kappa shape index (κ1) is 18.2. The second kappa shape index (κ2) is 7.61. The van der Waals surface area contributed by atoms with Crippen LogP contribution in [0.2, 0.25) is 0 Å². The Morgan fingerprint density at radius 1 is 1.18 bits per heavy atom. The molecule has 130 valence electrons. The van der Waals surface area contributed by atoms with E-state index in [4.69, 9.17) is 9.47 Å². The van der Waals surface area contributed by atoms with Crippen molar-refractivity contribution in [3.63, 3.8) is 0 Å². The average Bonchev–Trinajstić information content (AvgIpc) is 2.32. The molecule has 0 bridgehead atoms. The lowest BCUT2D eigenvalue weighted by Crippen LogP contribution is -2.48. The molecule has 2 aliphatic rings. The number of rotatable bonds is 5. The molecule has 4 nitrogen and oxygen atoms in total. The van der Waals surface area contributed by atoms with E-state index in [1.165, 1.54) is 6.42 Å². The zero-order valence-electron chi connectivity index (χ0n) is 15.0. The van der Waals surface area contributed by atoms with Crippen LogP contribution in [-0.2, 0) is 9.47 Å². The Hall–Kier alpha value is -0.160. The number of ether oxygens (including phenoxy) is 2. The molecule has 1 saturated heterocycles. The SMILES string of the molecule is CC1CC(OCC(O)CN2CC(C)OC(C)C2)CC(C)(C)C1. The molecule has 5 unspecified atom stereocenters. The molecule has 0 aromatic rings. The number of nitrogens with zero attached hydrogens (tertiary/aromatic N) is 1. The lowest BCUT2D eigenvalue weighted by molar-refractivity contribution is -0.0928. The maximum Gasteiger partial charge on any atom is 0.0900 e. The fourth-order valence-electron chi connectivity index (χ4n) is 4.42. The summed E-state index contributed by atoms with van der Waals surface area (Å²) in [6.07, 6.45) is 3.90. The van der Waals surface area contributed by atoms with Crippen molar-refractivity contribution in [1.29, 1.82) is 0 Å². The van der Waals surface area contributed by atoms with E-state index in [0.29, 0.717) is 30.6 Å². The van der Waals surface area contributed by atoms with Gasteiger partial charge < -0.3 is 14.6 Å². The Balaban J connectivity index is 1.72. The van der Waals surface area contributed by atoms with Gasteiger partial charge in [-0.2, -0.15) is 0 Å².